The van der Waals surface area contributed by atoms with Crippen LogP contribution in [0.3, 0.4) is 0 Å². The molecular weight excluding hydrogens is 313 g/mol. The van der Waals surface area contributed by atoms with Crippen LogP contribution in [0.5, 0.6) is 0 Å². The van der Waals surface area contributed by atoms with Gasteiger partial charge in [0.25, 0.3) is 0 Å². The maximum absolute atomic E-state index is 2.86. The second-order valence-electron chi connectivity index (χ2n) is 2.12. The Morgan fingerprint density at radius 3 is 2.57 bits per heavy atom. The van der Waals surface area contributed by atoms with E-state index in [0.717, 1.165) is 18.6 Å². The monoisotopic (exact) mass is 314 g/mol. The van der Waals surface area contributed by atoms with Gasteiger partial charge in [-0.05, 0) is 0 Å². The van der Waals surface area contributed by atoms with Crippen LogP contribution < -0.4 is 0 Å². The second-order valence-corrected chi connectivity index (χ2v) is 62.9. The van der Waals surface area contributed by atoms with Gasteiger partial charge in [-0.2, -0.15) is 0 Å². The van der Waals surface area contributed by atoms with Gasteiger partial charge in [0.15, 0.2) is 0 Å². The molecule has 0 aromatic carbocycles. The molecule has 38 valence electrons. The minimum absolute atomic E-state index is 0.154. The minimum atomic E-state index is -0.154. The van der Waals surface area contributed by atoms with Gasteiger partial charge in [0.1, 0.15) is 0 Å². The average Bonchev–Trinajstić information content (AvgIpc) is 2.43. The standard InChI is InChI=1S/HIP6/c1-3-5-6-4-2-7(3,4,5)6/h3H. The van der Waals surface area contributed by atoms with Crippen LogP contribution in [0.2, 0.25) is 0 Å². The molecule has 4 atom stereocenters. The zero-order valence-electron chi connectivity index (χ0n) is 3.11. The molecule has 4 rings (SSSR count). The van der Waals surface area contributed by atoms with Crippen molar-refractivity contribution in [1.82, 2.24) is 0 Å². The number of hydrogen-bond donors (Lipinski definition) is 0. The zero-order chi connectivity index (χ0) is 4.46. The molecule has 0 N–H and O–H groups in total. The summed E-state index contributed by atoms with van der Waals surface area (Å²) in [6.45, 7) is 0. The van der Waals surface area contributed by atoms with E-state index >= 15 is 0 Å². The van der Waals surface area contributed by atoms with Crippen LogP contribution in [0.1, 0.15) is 0 Å². The van der Waals surface area contributed by atoms with Crippen LogP contribution in [0.25, 0.3) is 0 Å². The van der Waals surface area contributed by atoms with Crippen molar-refractivity contribution in [3.8, 4) is 0 Å². The summed E-state index contributed by atoms with van der Waals surface area (Å²) < 4.78 is 0.552. The topological polar surface area (TPSA) is 0 Å². The molecule has 4 unspecified atom stereocenters. The van der Waals surface area contributed by atoms with E-state index in [0.29, 0.717) is 4.54 Å². The third-order valence-electron chi connectivity index (χ3n) is 1.95. The van der Waals surface area contributed by atoms with E-state index in [2.05, 4.69) is 29.6 Å². The fraction of sp³-hybridized carbons (Fsp3) is 0. The molecule has 1 spiro atoms. The Balaban J connectivity index is 2.86. The van der Waals surface area contributed by atoms with E-state index in [9.17, 15) is 0 Å². The number of halogens is 1. The van der Waals surface area contributed by atoms with Crippen LogP contribution in [0.15, 0.2) is 0 Å². The van der Waals surface area contributed by atoms with Crippen molar-refractivity contribution in [2.45, 2.75) is 0 Å². The summed E-state index contributed by atoms with van der Waals surface area (Å²) in [6, 6.07) is 0. The molecule has 0 saturated carbocycles. The molecule has 0 fully saturated rings. The van der Waals surface area contributed by atoms with E-state index in [-0.39, 0.29) is 5.05 Å². The molecule has 4 aliphatic rings. The molecule has 0 bridgehead atoms. The summed E-state index contributed by atoms with van der Waals surface area (Å²) in [5.41, 5.74) is 0. The van der Waals surface area contributed by atoms with E-state index in [1.165, 1.54) is 0 Å². The third-order valence-corrected chi connectivity index (χ3v) is 160. The van der Waals surface area contributed by atoms with Crippen molar-refractivity contribution in [3.05, 3.63) is 0 Å². The van der Waals surface area contributed by atoms with Gasteiger partial charge in [0, 0.05) is 0 Å². The molecule has 7 heavy (non-hydrogen) atoms. The quantitative estimate of drug-likeness (QED) is 0.392. The van der Waals surface area contributed by atoms with Crippen molar-refractivity contribution >= 4 is 57.7 Å². The number of hydrogen-bond acceptors (Lipinski definition) is 0. The van der Waals surface area contributed by atoms with Crippen LogP contribution in [-0.4, -0.2) is 0 Å². The van der Waals surface area contributed by atoms with Crippen molar-refractivity contribution in [2.75, 3.05) is 0 Å². The number of rotatable bonds is 0. The van der Waals surface area contributed by atoms with E-state index < -0.39 is 0 Å². The fourth-order valence-corrected chi connectivity index (χ4v) is 340. The van der Waals surface area contributed by atoms with Gasteiger partial charge in [0.2, 0.25) is 0 Å². The van der Waals surface area contributed by atoms with E-state index in [1.54, 1.807) is 0 Å². The first-order chi connectivity index (χ1) is 3.33. The van der Waals surface area contributed by atoms with Crippen LogP contribution >= 0.6 is 57.7 Å². The molecule has 4 heterocycles. The molecule has 0 saturated heterocycles. The molecule has 0 amide bonds. The Labute approximate surface area is 57.4 Å². The summed E-state index contributed by atoms with van der Waals surface area (Å²) >= 11 is 2.86. The first-order valence-corrected chi connectivity index (χ1v) is 20.4. The van der Waals surface area contributed by atoms with Crippen LogP contribution in [-0.2, 0) is 0 Å². The maximum atomic E-state index is 2.86. The van der Waals surface area contributed by atoms with Gasteiger partial charge in [-0.3, -0.25) is 0 Å². The Morgan fingerprint density at radius 2 is 2.57 bits per heavy atom. The fourth-order valence-electron chi connectivity index (χ4n) is 1.23. The first-order valence-electron chi connectivity index (χ1n) is 2.04. The molecule has 0 aromatic rings. The van der Waals surface area contributed by atoms with Crippen molar-refractivity contribution in [3.63, 3.8) is 0 Å². The first kappa shape index (κ1) is 4.62. The zero-order valence-corrected chi connectivity index (χ0v) is 10.7. The van der Waals surface area contributed by atoms with Crippen molar-refractivity contribution in [1.29, 1.82) is 0 Å². The summed E-state index contributed by atoms with van der Waals surface area (Å²) in [7, 11) is 2.15. The van der Waals surface area contributed by atoms with Gasteiger partial charge < -0.3 is 0 Å². The van der Waals surface area contributed by atoms with Crippen molar-refractivity contribution in [2.24, 2.45) is 0 Å². The molecule has 0 nitrogen and oxygen atoms in total. The van der Waals surface area contributed by atoms with Gasteiger partial charge >= 0.3 is 57.7 Å². The summed E-state index contributed by atoms with van der Waals surface area (Å²) in [4.78, 5) is 0. The third kappa shape index (κ3) is 0.202. The van der Waals surface area contributed by atoms with Gasteiger partial charge in [-0.15, -0.1) is 0 Å². The Hall–Kier alpha value is 2.79. The van der Waals surface area contributed by atoms with Crippen LogP contribution in [0, 0.1) is 0 Å². The average molecular weight is 314 g/mol. The predicted octanol–water partition coefficient (Wildman–Crippen LogP) is 5.79. The summed E-state index contributed by atoms with van der Waals surface area (Å²) in [6.07, 6.45) is 3.11. The molecule has 7 heteroatoms. The molecule has 0 aromatic heterocycles. The summed E-state index contributed by atoms with van der Waals surface area (Å²) in [5, 5.41) is -0.154. The van der Waals surface area contributed by atoms with Gasteiger partial charge in [-0.25, -0.2) is 0 Å². The Kier molecular flexibility index (Phi) is 0.530. The Bertz CT molecular complexity index is 456. The van der Waals surface area contributed by atoms with Crippen molar-refractivity contribution < 1.29 is 0 Å². The van der Waals surface area contributed by atoms with E-state index in [1.807, 2.05) is 0 Å². The van der Waals surface area contributed by atoms with Gasteiger partial charge in [-0.1, -0.05) is 0 Å². The SMILES string of the molecule is I[PH]1=P2=P3=P4=PP4321. The molecule has 0 radical (unpaired) electrons. The predicted molar refractivity (Wildman–Crippen MR) is 56.9 cm³/mol. The van der Waals surface area contributed by atoms with Gasteiger partial charge in [0.05, 0.1) is 0 Å². The second kappa shape index (κ2) is 0.802. The summed E-state index contributed by atoms with van der Waals surface area (Å²) in [5.74, 6) is 0. The van der Waals surface area contributed by atoms with Crippen LogP contribution in [0.4, 0.5) is 0 Å². The Morgan fingerprint density at radius 1 is 1.71 bits per heavy atom. The normalized spacial score (nSPS) is 79.9. The molecule has 0 aliphatic carbocycles. The van der Waals surface area contributed by atoms with E-state index in [4.69, 9.17) is 0 Å². The molecule has 4 aliphatic heterocycles. The molecular formula is HIP6.